The predicted molar refractivity (Wildman–Crippen MR) is 95.2 cm³/mol. The number of unbranched alkanes of at least 4 members (excludes halogenated alkanes) is 2. The Morgan fingerprint density at radius 3 is 2.54 bits per heavy atom. The molecule has 2 atom stereocenters. The molecule has 2 unspecified atom stereocenters. The molecule has 0 aliphatic heterocycles. The Morgan fingerprint density at radius 1 is 1.08 bits per heavy atom. The van der Waals surface area contributed by atoms with Crippen LogP contribution in [-0.2, 0) is 26.0 Å². The zero-order valence-electron chi connectivity index (χ0n) is 15.6. The predicted octanol–water partition coefficient (Wildman–Crippen LogP) is 5.15. The van der Waals surface area contributed by atoms with E-state index in [4.69, 9.17) is 4.74 Å². The molecule has 1 aromatic carbocycles. The first-order valence-corrected chi connectivity index (χ1v) is 9.43. The fraction of sp³-hybridized carbons (Fsp3) is 0.600. The van der Waals surface area contributed by atoms with Gasteiger partial charge in [-0.1, -0.05) is 45.2 Å². The van der Waals surface area contributed by atoms with Crippen molar-refractivity contribution < 1.29 is 29.1 Å². The van der Waals surface area contributed by atoms with Crippen LogP contribution in [0.1, 0.15) is 74.7 Å². The molecule has 0 spiro atoms. The van der Waals surface area contributed by atoms with E-state index in [-0.39, 0.29) is 6.10 Å². The highest BCUT2D eigenvalue weighted by Crippen LogP contribution is 2.25. The van der Waals surface area contributed by atoms with E-state index in [0.29, 0.717) is 11.5 Å². The molecular formula is C20H28O6. The molecule has 1 aromatic rings. The van der Waals surface area contributed by atoms with Crippen LogP contribution in [0.25, 0.3) is 0 Å². The smallest absolute Gasteiger partial charge is 0.429 e. The van der Waals surface area contributed by atoms with Gasteiger partial charge in [-0.3, -0.25) is 4.89 Å². The number of aryl methyl sites for hydroxylation is 1. The summed E-state index contributed by atoms with van der Waals surface area (Å²) in [4.78, 5) is 32.2. The van der Waals surface area contributed by atoms with Crippen LogP contribution in [0.3, 0.4) is 0 Å². The third-order valence-electron chi connectivity index (χ3n) is 4.62. The molecule has 0 amide bonds. The molecule has 1 saturated carbocycles. The minimum Gasteiger partial charge on any atom is -0.429 e. The largest absolute Gasteiger partial charge is 0.543 e. The molecule has 2 rings (SSSR count). The van der Waals surface area contributed by atoms with Gasteiger partial charge >= 0.3 is 12.1 Å². The van der Waals surface area contributed by atoms with Gasteiger partial charge < -0.3 is 4.74 Å². The number of carbonyl (C=O) groups is 2. The number of rotatable bonds is 8. The van der Waals surface area contributed by atoms with Crippen LogP contribution in [0.15, 0.2) is 24.3 Å². The highest BCUT2D eigenvalue weighted by Gasteiger charge is 2.23. The molecule has 1 aliphatic carbocycles. The van der Waals surface area contributed by atoms with E-state index < -0.39 is 12.1 Å². The summed E-state index contributed by atoms with van der Waals surface area (Å²) in [5.74, 6) is -0.213. The van der Waals surface area contributed by atoms with Crippen molar-refractivity contribution in [3.8, 4) is 0 Å². The van der Waals surface area contributed by atoms with E-state index in [1.807, 2.05) is 12.1 Å². The highest BCUT2D eigenvalue weighted by molar-refractivity contribution is 5.88. The van der Waals surface area contributed by atoms with Crippen molar-refractivity contribution in [2.45, 2.75) is 71.3 Å². The van der Waals surface area contributed by atoms with E-state index in [9.17, 15) is 9.59 Å². The minimum absolute atomic E-state index is 0.175. The molecule has 26 heavy (non-hydrogen) atoms. The molecule has 1 aliphatic rings. The first-order valence-electron chi connectivity index (χ1n) is 9.43. The van der Waals surface area contributed by atoms with E-state index in [1.54, 1.807) is 12.1 Å². The Morgan fingerprint density at radius 2 is 1.85 bits per heavy atom. The number of ether oxygens (including phenoxy) is 1. The maximum Gasteiger partial charge on any atom is 0.543 e. The molecule has 0 radical (unpaired) electrons. The van der Waals surface area contributed by atoms with Crippen molar-refractivity contribution in [2.24, 2.45) is 5.92 Å². The Balaban J connectivity index is 1.67. The Labute approximate surface area is 154 Å². The lowest BCUT2D eigenvalue weighted by atomic mass is 9.89. The van der Waals surface area contributed by atoms with Crippen molar-refractivity contribution in [2.75, 3.05) is 0 Å². The van der Waals surface area contributed by atoms with Gasteiger partial charge in [0.2, 0.25) is 0 Å². The zero-order chi connectivity index (χ0) is 18.8. The lowest BCUT2D eigenvalue weighted by Crippen LogP contribution is -2.25. The number of carbonyl (C=O) groups excluding carboxylic acids is 2. The van der Waals surface area contributed by atoms with Gasteiger partial charge in [0.1, 0.15) is 6.10 Å². The third-order valence-corrected chi connectivity index (χ3v) is 4.62. The van der Waals surface area contributed by atoms with Crippen molar-refractivity contribution in [1.82, 2.24) is 0 Å². The summed E-state index contributed by atoms with van der Waals surface area (Å²) >= 11 is 0. The topological polar surface area (TPSA) is 71.1 Å². The molecule has 0 heterocycles. The molecule has 0 aromatic heterocycles. The lowest BCUT2D eigenvalue weighted by molar-refractivity contribution is -0.453. The van der Waals surface area contributed by atoms with E-state index in [0.717, 1.165) is 44.1 Å². The van der Waals surface area contributed by atoms with Crippen LogP contribution < -0.4 is 0 Å². The fourth-order valence-corrected chi connectivity index (χ4v) is 3.15. The standard InChI is InChI=1S/C20H28O6/c1-3-4-5-8-16-10-12-17(13-11-16)19(21)24-26-25-20(22)23-18-9-6-7-15(2)14-18/h10-13,15,18H,3-9,14H2,1-2H3. The van der Waals surface area contributed by atoms with Gasteiger partial charge in [-0.05, 0) is 55.7 Å². The number of benzene rings is 1. The molecule has 0 N–H and O–H groups in total. The second kappa shape index (κ2) is 10.8. The SMILES string of the molecule is CCCCCc1ccc(C(=O)OOOC(=O)OC2CCCC(C)C2)cc1. The lowest BCUT2D eigenvalue weighted by Gasteiger charge is -2.25. The van der Waals surface area contributed by atoms with E-state index in [1.165, 1.54) is 12.8 Å². The Hall–Kier alpha value is -2.08. The molecule has 144 valence electrons. The quantitative estimate of drug-likeness (QED) is 0.275. The molecule has 0 bridgehead atoms. The van der Waals surface area contributed by atoms with Crippen LogP contribution in [-0.4, -0.2) is 18.2 Å². The Bertz CT molecular complexity index is 568. The minimum atomic E-state index is -0.997. The van der Waals surface area contributed by atoms with Crippen LogP contribution in [0.4, 0.5) is 4.79 Å². The summed E-state index contributed by atoms with van der Waals surface area (Å²) in [5, 5.41) is 4.27. The van der Waals surface area contributed by atoms with Gasteiger partial charge in [-0.15, -0.1) is 0 Å². The summed E-state index contributed by atoms with van der Waals surface area (Å²) in [7, 11) is 0. The molecule has 6 heteroatoms. The Kier molecular flexibility index (Phi) is 8.41. The van der Waals surface area contributed by atoms with E-state index >= 15 is 0 Å². The molecular weight excluding hydrogens is 336 g/mol. The van der Waals surface area contributed by atoms with Gasteiger partial charge in [0.15, 0.2) is 0 Å². The number of hydrogen-bond donors (Lipinski definition) is 0. The van der Waals surface area contributed by atoms with Gasteiger partial charge in [0.25, 0.3) is 0 Å². The zero-order valence-corrected chi connectivity index (χ0v) is 15.6. The summed E-state index contributed by atoms with van der Waals surface area (Å²) in [6, 6.07) is 7.08. The normalized spacial score (nSPS) is 19.6. The van der Waals surface area contributed by atoms with Gasteiger partial charge in [-0.25, -0.2) is 14.5 Å². The average Bonchev–Trinajstić information content (AvgIpc) is 2.62. The fourth-order valence-electron chi connectivity index (χ4n) is 3.15. The van der Waals surface area contributed by atoms with Crippen molar-refractivity contribution >= 4 is 12.1 Å². The first kappa shape index (κ1) is 20.2. The van der Waals surface area contributed by atoms with Crippen molar-refractivity contribution in [3.05, 3.63) is 35.4 Å². The second-order valence-corrected chi connectivity index (χ2v) is 6.94. The molecule has 1 fully saturated rings. The summed E-state index contributed by atoms with van der Waals surface area (Å²) in [6.07, 6.45) is 7.06. The van der Waals surface area contributed by atoms with Crippen LogP contribution in [0.5, 0.6) is 0 Å². The maximum absolute atomic E-state index is 11.9. The second-order valence-electron chi connectivity index (χ2n) is 6.94. The van der Waals surface area contributed by atoms with Crippen LogP contribution in [0, 0.1) is 5.92 Å². The van der Waals surface area contributed by atoms with Gasteiger partial charge in [0.05, 0.1) is 10.6 Å². The number of hydrogen-bond acceptors (Lipinski definition) is 6. The average molecular weight is 364 g/mol. The third kappa shape index (κ3) is 7.04. The molecule has 0 saturated heterocycles. The maximum atomic E-state index is 11.9. The highest BCUT2D eigenvalue weighted by atomic mass is 17.5. The van der Waals surface area contributed by atoms with Crippen LogP contribution in [0.2, 0.25) is 0 Å². The summed E-state index contributed by atoms with van der Waals surface area (Å²) in [6.45, 7) is 4.28. The summed E-state index contributed by atoms with van der Waals surface area (Å²) in [5.41, 5.74) is 1.49. The van der Waals surface area contributed by atoms with Gasteiger partial charge in [-0.2, -0.15) is 0 Å². The van der Waals surface area contributed by atoms with E-state index in [2.05, 4.69) is 28.7 Å². The van der Waals surface area contributed by atoms with Crippen LogP contribution >= 0.6 is 0 Å². The van der Waals surface area contributed by atoms with Gasteiger partial charge in [0, 0.05) is 0 Å². The first-order chi connectivity index (χ1) is 12.6. The molecule has 6 nitrogen and oxygen atoms in total. The van der Waals surface area contributed by atoms with Crippen molar-refractivity contribution in [3.63, 3.8) is 0 Å². The monoisotopic (exact) mass is 364 g/mol. The van der Waals surface area contributed by atoms with Crippen molar-refractivity contribution in [1.29, 1.82) is 0 Å². The summed E-state index contributed by atoms with van der Waals surface area (Å²) < 4.78 is 5.13.